The third kappa shape index (κ3) is 4.82. The molecule has 6 nitrogen and oxygen atoms in total. The molecule has 0 bridgehead atoms. The van der Waals surface area contributed by atoms with Crippen molar-refractivity contribution in [3.8, 4) is 0 Å². The van der Waals surface area contributed by atoms with Crippen molar-refractivity contribution in [1.82, 2.24) is 9.97 Å². The first-order valence-electron chi connectivity index (χ1n) is 11.0. The van der Waals surface area contributed by atoms with Crippen LogP contribution in [0.5, 0.6) is 0 Å². The Kier molecular flexibility index (Phi) is 6.41. The minimum atomic E-state index is -0.291. The number of hydrogen-bond acceptors (Lipinski definition) is 7. The predicted octanol–water partition coefficient (Wildman–Crippen LogP) is 5.79. The van der Waals surface area contributed by atoms with Crippen LogP contribution in [0.3, 0.4) is 0 Å². The molecule has 0 spiro atoms. The molecule has 164 valence electrons. The van der Waals surface area contributed by atoms with E-state index in [1.807, 2.05) is 20.8 Å². The maximum atomic E-state index is 12.5. The number of hydrogen-bond donors (Lipinski definition) is 1. The molecule has 0 saturated carbocycles. The standard InChI is InChI=1S/C24H30N4O2S/c1-15(2)13-30-24(29)21-17(4)20-22(25-14-26-23(20)31-21)27-18-5-7-19(8-6-18)28-11-9-16(3)10-12-28/h5-8,14-16H,9-13H2,1-4H3,(H,25,26,27). The van der Waals surface area contributed by atoms with Crippen LogP contribution in [-0.2, 0) is 4.74 Å². The van der Waals surface area contributed by atoms with Crippen molar-refractivity contribution in [3.05, 3.63) is 41.0 Å². The highest BCUT2D eigenvalue weighted by Crippen LogP contribution is 2.35. The van der Waals surface area contributed by atoms with Gasteiger partial charge in [0.25, 0.3) is 0 Å². The van der Waals surface area contributed by atoms with Crippen molar-refractivity contribution < 1.29 is 9.53 Å². The zero-order valence-corrected chi connectivity index (χ0v) is 19.5. The maximum absolute atomic E-state index is 12.5. The van der Waals surface area contributed by atoms with Gasteiger partial charge in [0.05, 0.1) is 12.0 Å². The highest BCUT2D eigenvalue weighted by molar-refractivity contribution is 7.20. The van der Waals surface area contributed by atoms with Crippen molar-refractivity contribution in [1.29, 1.82) is 0 Å². The molecule has 0 radical (unpaired) electrons. The summed E-state index contributed by atoms with van der Waals surface area (Å²) in [5.74, 6) is 1.53. The van der Waals surface area contributed by atoms with Crippen LogP contribution in [0.25, 0.3) is 10.2 Å². The van der Waals surface area contributed by atoms with Crippen LogP contribution in [0, 0.1) is 18.8 Å². The first-order valence-corrected chi connectivity index (χ1v) is 11.8. The highest BCUT2D eigenvalue weighted by atomic mass is 32.1. The van der Waals surface area contributed by atoms with Crippen LogP contribution in [0.15, 0.2) is 30.6 Å². The highest BCUT2D eigenvalue weighted by Gasteiger charge is 2.21. The average molecular weight is 439 g/mol. The van der Waals surface area contributed by atoms with E-state index in [2.05, 4.69) is 51.4 Å². The summed E-state index contributed by atoms with van der Waals surface area (Å²) in [6, 6.07) is 8.49. The molecule has 1 aromatic carbocycles. The molecule has 3 aromatic rings. The molecule has 0 aliphatic carbocycles. The van der Waals surface area contributed by atoms with E-state index in [-0.39, 0.29) is 5.97 Å². The molecule has 1 saturated heterocycles. The molecule has 31 heavy (non-hydrogen) atoms. The lowest BCUT2D eigenvalue weighted by molar-refractivity contribution is 0.0464. The van der Waals surface area contributed by atoms with Gasteiger partial charge in [-0.2, -0.15) is 0 Å². The predicted molar refractivity (Wildman–Crippen MR) is 128 cm³/mol. The van der Waals surface area contributed by atoms with Crippen molar-refractivity contribution in [2.75, 3.05) is 29.9 Å². The molecule has 2 aromatic heterocycles. The molecule has 3 heterocycles. The Labute approximate surface area is 187 Å². The summed E-state index contributed by atoms with van der Waals surface area (Å²) >= 11 is 1.36. The van der Waals surface area contributed by atoms with E-state index in [9.17, 15) is 4.79 Å². The second-order valence-corrected chi connectivity index (χ2v) is 9.79. The number of nitrogens with one attached hydrogen (secondary N) is 1. The smallest absolute Gasteiger partial charge is 0.348 e. The van der Waals surface area contributed by atoms with Gasteiger partial charge in [0.15, 0.2) is 0 Å². The molecular weight excluding hydrogens is 408 g/mol. The summed E-state index contributed by atoms with van der Waals surface area (Å²) in [6.45, 7) is 10.9. The summed E-state index contributed by atoms with van der Waals surface area (Å²) in [6.07, 6.45) is 4.03. The number of thiophene rings is 1. The molecule has 0 atom stereocenters. The van der Waals surface area contributed by atoms with Gasteiger partial charge in [0.2, 0.25) is 0 Å². The van der Waals surface area contributed by atoms with Gasteiger partial charge < -0.3 is 15.0 Å². The third-order valence-electron chi connectivity index (χ3n) is 5.74. The number of nitrogens with zero attached hydrogens (tertiary/aromatic N) is 3. The van der Waals surface area contributed by atoms with E-state index in [1.54, 1.807) is 0 Å². The van der Waals surface area contributed by atoms with Gasteiger partial charge in [0.1, 0.15) is 21.9 Å². The maximum Gasteiger partial charge on any atom is 0.348 e. The lowest BCUT2D eigenvalue weighted by atomic mass is 9.99. The molecule has 1 aliphatic rings. The average Bonchev–Trinajstić information content (AvgIpc) is 3.11. The Balaban J connectivity index is 1.54. The Morgan fingerprint density at radius 2 is 1.94 bits per heavy atom. The van der Waals surface area contributed by atoms with Gasteiger partial charge in [-0.1, -0.05) is 20.8 Å². The SMILES string of the molecule is Cc1c(C(=O)OCC(C)C)sc2ncnc(Nc3ccc(N4CCC(C)CC4)cc3)c12. The Morgan fingerprint density at radius 1 is 1.23 bits per heavy atom. The Hall–Kier alpha value is -2.67. The van der Waals surface area contributed by atoms with Crippen LogP contribution < -0.4 is 10.2 Å². The second kappa shape index (κ2) is 9.22. The number of carbonyl (C=O) groups excluding carboxylic acids is 1. The van der Waals surface area contributed by atoms with E-state index in [0.717, 1.165) is 40.5 Å². The zero-order chi connectivity index (χ0) is 22.0. The van der Waals surface area contributed by atoms with Gasteiger partial charge >= 0.3 is 5.97 Å². The number of esters is 1. The minimum Gasteiger partial charge on any atom is -0.461 e. The van der Waals surface area contributed by atoms with Gasteiger partial charge in [-0.15, -0.1) is 11.3 Å². The van der Waals surface area contributed by atoms with Crippen LogP contribution in [0.1, 0.15) is 48.8 Å². The van der Waals surface area contributed by atoms with Crippen LogP contribution >= 0.6 is 11.3 Å². The van der Waals surface area contributed by atoms with Crippen LogP contribution in [0.4, 0.5) is 17.2 Å². The number of fused-ring (bicyclic) bond motifs is 1. The Morgan fingerprint density at radius 3 is 2.61 bits per heavy atom. The van der Waals surface area contributed by atoms with Crippen molar-refractivity contribution in [3.63, 3.8) is 0 Å². The quantitative estimate of drug-likeness (QED) is 0.491. The molecule has 4 rings (SSSR count). The summed E-state index contributed by atoms with van der Waals surface area (Å²) < 4.78 is 5.43. The number of aromatic nitrogens is 2. The fourth-order valence-electron chi connectivity index (χ4n) is 3.83. The third-order valence-corrected chi connectivity index (χ3v) is 6.92. The molecule has 1 N–H and O–H groups in total. The second-order valence-electron chi connectivity index (χ2n) is 8.79. The van der Waals surface area contributed by atoms with E-state index in [0.29, 0.717) is 23.2 Å². The molecule has 1 fully saturated rings. The number of piperidine rings is 1. The lowest BCUT2D eigenvalue weighted by Crippen LogP contribution is -2.32. The molecule has 0 amide bonds. The number of aryl methyl sites for hydroxylation is 1. The number of ether oxygens (including phenoxy) is 1. The molecule has 7 heteroatoms. The van der Waals surface area contributed by atoms with Crippen molar-refractivity contribution in [2.24, 2.45) is 11.8 Å². The fourth-order valence-corrected chi connectivity index (χ4v) is 4.87. The molecular formula is C24H30N4O2S. The first-order chi connectivity index (χ1) is 14.9. The van der Waals surface area contributed by atoms with Gasteiger partial charge in [-0.05, 0) is 61.4 Å². The number of carbonyl (C=O) groups is 1. The minimum absolute atomic E-state index is 0.291. The first kappa shape index (κ1) is 21.6. The van der Waals surface area contributed by atoms with Gasteiger partial charge in [0, 0.05) is 24.5 Å². The summed E-state index contributed by atoms with van der Waals surface area (Å²) in [5.41, 5.74) is 3.08. The molecule has 1 aliphatic heterocycles. The lowest BCUT2D eigenvalue weighted by Gasteiger charge is -2.32. The summed E-state index contributed by atoms with van der Waals surface area (Å²) in [5, 5.41) is 4.29. The van der Waals surface area contributed by atoms with E-state index < -0.39 is 0 Å². The van der Waals surface area contributed by atoms with Crippen LogP contribution in [-0.4, -0.2) is 35.6 Å². The van der Waals surface area contributed by atoms with E-state index in [4.69, 9.17) is 4.74 Å². The van der Waals surface area contributed by atoms with E-state index >= 15 is 0 Å². The van der Waals surface area contributed by atoms with Crippen LogP contribution in [0.2, 0.25) is 0 Å². The largest absolute Gasteiger partial charge is 0.461 e. The van der Waals surface area contributed by atoms with Crippen molar-refractivity contribution in [2.45, 2.75) is 40.5 Å². The summed E-state index contributed by atoms with van der Waals surface area (Å²) in [7, 11) is 0. The van der Waals surface area contributed by atoms with Crippen molar-refractivity contribution >= 4 is 44.7 Å². The zero-order valence-electron chi connectivity index (χ0n) is 18.6. The topological polar surface area (TPSA) is 67.3 Å². The fraction of sp³-hybridized carbons (Fsp3) is 0.458. The van der Waals surface area contributed by atoms with Gasteiger partial charge in [-0.25, -0.2) is 14.8 Å². The number of rotatable bonds is 6. The Bertz CT molecular complexity index is 1050. The monoisotopic (exact) mass is 438 g/mol. The molecule has 0 unspecified atom stereocenters. The number of anilines is 3. The van der Waals surface area contributed by atoms with E-state index in [1.165, 1.54) is 36.2 Å². The normalized spacial score (nSPS) is 14.9. The summed E-state index contributed by atoms with van der Waals surface area (Å²) in [4.78, 5) is 25.2. The number of benzene rings is 1. The van der Waals surface area contributed by atoms with Gasteiger partial charge in [-0.3, -0.25) is 0 Å².